The molecule has 170 valence electrons. The Kier molecular flexibility index (Phi) is 7.08. The molecule has 32 heavy (non-hydrogen) atoms. The van der Waals surface area contributed by atoms with E-state index in [1.807, 2.05) is 4.83 Å². The van der Waals surface area contributed by atoms with E-state index in [9.17, 15) is 26.4 Å². The summed E-state index contributed by atoms with van der Waals surface area (Å²) in [6.45, 7) is 1.50. The number of alkyl halides is 3. The van der Waals surface area contributed by atoms with Gasteiger partial charge in [0.2, 0.25) is 0 Å². The Morgan fingerprint density at radius 2 is 1.91 bits per heavy atom. The minimum Gasteiger partial charge on any atom is -0.486 e. The SMILES string of the molecule is Cc1ccc(S(=O)(=O)NNC(=O)c2sccc2OCc2ncc(C(F)(F)F)cc2Cl)cc1. The van der Waals surface area contributed by atoms with Crippen LogP contribution in [0.5, 0.6) is 5.75 Å². The number of amides is 1. The zero-order valence-electron chi connectivity index (χ0n) is 16.2. The van der Waals surface area contributed by atoms with Gasteiger partial charge in [0.25, 0.3) is 15.9 Å². The maximum Gasteiger partial charge on any atom is 0.417 e. The monoisotopic (exact) mass is 505 g/mol. The Labute approximate surface area is 190 Å². The van der Waals surface area contributed by atoms with Gasteiger partial charge in [0.15, 0.2) is 0 Å². The second-order valence-corrected chi connectivity index (χ2v) is 9.43. The molecule has 0 unspecified atom stereocenters. The standard InChI is InChI=1S/C19H15ClF3N3O4S2/c1-11-2-4-13(5-3-11)32(28,29)26-25-18(27)17-16(6-7-31-17)30-10-15-14(20)8-12(9-24-15)19(21,22)23/h2-9,26H,10H2,1H3,(H,25,27). The third kappa shape index (κ3) is 5.76. The number of hydrogen-bond acceptors (Lipinski definition) is 6. The number of aryl methyl sites for hydroxylation is 1. The summed E-state index contributed by atoms with van der Waals surface area (Å²) in [5.74, 6) is -0.697. The van der Waals surface area contributed by atoms with Crippen molar-refractivity contribution in [1.82, 2.24) is 15.2 Å². The van der Waals surface area contributed by atoms with Crippen LogP contribution in [-0.2, 0) is 22.8 Å². The number of nitrogens with zero attached hydrogens (tertiary/aromatic N) is 1. The number of sulfonamides is 1. The topological polar surface area (TPSA) is 97.4 Å². The minimum atomic E-state index is -4.58. The Hall–Kier alpha value is -2.67. The lowest BCUT2D eigenvalue weighted by atomic mass is 10.2. The average molecular weight is 506 g/mol. The van der Waals surface area contributed by atoms with Gasteiger partial charge in [-0.2, -0.15) is 13.2 Å². The molecule has 2 heterocycles. The smallest absolute Gasteiger partial charge is 0.417 e. The van der Waals surface area contributed by atoms with E-state index in [4.69, 9.17) is 16.3 Å². The first kappa shape index (κ1) is 24.0. The van der Waals surface area contributed by atoms with Crippen LogP contribution in [0.3, 0.4) is 0 Å². The van der Waals surface area contributed by atoms with Crippen molar-refractivity contribution in [2.75, 3.05) is 0 Å². The fourth-order valence-corrected chi connectivity index (χ4v) is 4.19. The zero-order valence-corrected chi connectivity index (χ0v) is 18.6. The maximum absolute atomic E-state index is 12.7. The molecular formula is C19H15ClF3N3O4S2. The molecule has 13 heteroatoms. The van der Waals surface area contributed by atoms with Gasteiger partial charge in [0.1, 0.15) is 17.2 Å². The summed E-state index contributed by atoms with van der Waals surface area (Å²) >= 11 is 6.83. The van der Waals surface area contributed by atoms with E-state index >= 15 is 0 Å². The predicted octanol–water partition coefficient (Wildman–Crippen LogP) is 4.33. The molecule has 1 amide bonds. The number of carbonyl (C=O) groups is 1. The Morgan fingerprint density at radius 1 is 1.22 bits per heavy atom. The van der Waals surface area contributed by atoms with E-state index in [1.54, 1.807) is 19.1 Å². The van der Waals surface area contributed by atoms with Gasteiger partial charge < -0.3 is 4.74 Å². The highest BCUT2D eigenvalue weighted by Crippen LogP contribution is 2.32. The summed E-state index contributed by atoms with van der Waals surface area (Å²) < 4.78 is 68.2. The molecule has 0 aliphatic rings. The maximum atomic E-state index is 12.7. The zero-order chi connectivity index (χ0) is 23.5. The van der Waals surface area contributed by atoms with Gasteiger partial charge in [-0.1, -0.05) is 29.3 Å². The second kappa shape index (κ2) is 9.45. The molecule has 2 aromatic heterocycles. The van der Waals surface area contributed by atoms with E-state index in [0.29, 0.717) is 6.20 Å². The molecule has 3 rings (SSSR count). The van der Waals surface area contributed by atoms with Crippen LogP contribution in [0.2, 0.25) is 5.02 Å². The fourth-order valence-electron chi connectivity index (χ4n) is 2.40. The third-order valence-electron chi connectivity index (χ3n) is 4.07. The van der Waals surface area contributed by atoms with Gasteiger partial charge in [-0.3, -0.25) is 15.2 Å². The predicted molar refractivity (Wildman–Crippen MR) is 112 cm³/mol. The van der Waals surface area contributed by atoms with Crippen molar-refractivity contribution in [3.05, 3.63) is 74.7 Å². The van der Waals surface area contributed by atoms with Crippen molar-refractivity contribution in [1.29, 1.82) is 0 Å². The molecule has 7 nitrogen and oxygen atoms in total. The van der Waals surface area contributed by atoms with Gasteiger partial charge >= 0.3 is 6.18 Å². The molecule has 0 atom stereocenters. The highest BCUT2D eigenvalue weighted by Gasteiger charge is 2.31. The average Bonchev–Trinajstić information content (AvgIpc) is 3.19. The summed E-state index contributed by atoms with van der Waals surface area (Å²) in [5.41, 5.74) is 2.01. The normalized spacial score (nSPS) is 11.9. The molecule has 0 bridgehead atoms. The molecule has 0 saturated heterocycles. The highest BCUT2D eigenvalue weighted by atomic mass is 35.5. The van der Waals surface area contributed by atoms with Crippen molar-refractivity contribution in [3.8, 4) is 5.75 Å². The van der Waals surface area contributed by atoms with E-state index < -0.39 is 27.7 Å². The number of halogens is 4. The van der Waals surface area contributed by atoms with Crippen LogP contribution >= 0.6 is 22.9 Å². The second-order valence-electron chi connectivity index (χ2n) is 6.43. The first-order valence-corrected chi connectivity index (χ1v) is 11.5. The number of nitrogens with one attached hydrogen (secondary N) is 2. The van der Waals surface area contributed by atoms with E-state index in [1.165, 1.54) is 23.6 Å². The number of carbonyl (C=O) groups excluding carboxylic acids is 1. The Balaban J connectivity index is 1.65. The molecule has 1 aromatic carbocycles. The van der Waals surface area contributed by atoms with Crippen LogP contribution in [0.25, 0.3) is 0 Å². The van der Waals surface area contributed by atoms with Crippen LogP contribution in [0, 0.1) is 6.92 Å². The van der Waals surface area contributed by atoms with Crippen molar-refractivity contribution in [2.45, 2.75) is 24.6 Å². The summed E-state index contributed by atoms with van der Waals surface area (Å²) in [4.78, 5) is 18.1. The highest BCUT2D eigenvalue weighted by molar-refractivity contribution is 7.89. The quantitative estimate of drug-likeness (QED) is 0.466. The summed E-state index contributed by atoms with van der Waals surface area (Å²) in [6.07, 6.45) is -3.95. The van der Waals surface area contributed by atoms with Crippen molar-refractivity contribution < 1.29 is 31.1 Å². The number of thiophene rings is 1. The molecule has 3 aromatic rings. The van der Waals surface area contributed by atoms with Gasteiger partial charge in [0.05, 0.1) is 21.2 Å². The van der Waals surface area contributed by atoms with Crippen molar-refractivity contribution in [3.63, 3.8) is 0 Å². The molecule has 0 fully saturated rings. The van der Waals surface area contributed by atoms with Gasteiger partial charge in [-0.15, -0.1) is 16.2 Å². The first-order valence-electron chi connectivity index (χ1n) is 8.78. The lowest BCUT2D eigenvalue weighted by Crippen LogP contribution is -2.41. The van der Waals surface area contributed by atoms with E-state index in [0.717, 1.165) is 23.0 Å². The molecule has 0 saturated carbocycles. The first-order chi connectivity index (χ1) is 15.0. The fraction of sp³-hybridized carbons (Fsp3) is 0.158. The van der Waals surface area contributed by atoms with Crippen LogP contribution in [-0.4, -0.2) is 19.3 Å². The summed E-state index contributed by atoms with van der Waals surface area (Å²) in [5, 5.41) is 1.28. The lowest BCUT2D eigenvalue weighted by Gasteiger charge is -2.11. The molecule has 2 N–H and O–H groups in total. The van der Waals surface area contributed by atoms with Gasteiger partial charge in [-0.05, 0) is 36.6 Å². The van der Waals surface area contributed by atoms with Crippen LogP contribution < -0.4 is 15.0 Å². The Morgan fingerprint density at radius 3 is 2.53 bits per heavy atom. The number of pyridine rings is 1. The van der Waals surface area contributed by atoms with Crippen LogP contribution in [0.15, 0.2) is 52.9 Å². The molecule has 0 aliphatic carbocycles. The number of hydrogen-bond donors (Lipinski definition) is 2. The Bertz CT molecular complexity index is 1230. The minimum absolute atomic E-state index is 0.0333. The number of benzene rings is 1. The summed E-state index contributed by atoms with van der Waals surface area (Å²) in [6, 6.07) is 8.19. The lowest BCUT2D eigenvalue weighted by molar-refractivity contribution is -0.137. The van der Waals surface area contributed by atoms with Gasteiger partial charge in [-0.25, -0.2) is 8.42 Å². The van der Waals surface area contributed by atoms with Crippen LogP contribution in [0.4, 0.5) is 13.2 Å². The van der Waals surface area contributed by atoms with E-state index in [2.05, 4.69) is 10.4 Å². The number of rotatable bonds is 7. The number of ether oxygens (including phenoxy) is 1. The third-order valence-corrected chi connectivity index (χ3v) is 6.56. The molecule has 0 aliphatic heterocycles. The number of aromatic nitrogens is 1. The van der Waals surface area contributed by atoms with Crippen molar-refractivity contribution in [2.24, 2.45) is 0 Å². The molecule has 0 radical (unpaired) electrons. The molecular weight excluding hydrogens is 491 g/mol. The summed E-state index contributed by atoms with van der Waals surface area (Å²) in [7, 11) is -3.99. The van der Waals surface area contributed by atoms with Crippen molar-refractivity contribution >= 4 is 38.9 Å². The number of hydrazine groups is 1. The van der Waals surface area contributed by atoms with E-state index in [-0.39, 0.29) is 32.8 Å². The van der Waals surface area contributed by atoms with Crippen LogP contribution in [0.1, 0.15) is 26.5 Å². The largest absolute Gasteiger partial charge is 0.486 e. The van der Waals surface area contributed by atoms with Gasteiger partial charge in [0, 0.05) is 6.20 Å². The molecule has 0 spiro atoms.